The molecule has 0 fully saturated rings. The Kier molecular flexibility index (Phi) is 5.17. The summed E-state index contributed by atoms with van der Waals surface area (Å²) in [6, 6.07) is 2.66. The molecule has 0 atom stereocenters. The standard InChI is InChI=1S/C12H15F3N2O2/c1-2-17-5-6-19-10-4-3-8(12(13,14)15)7-9(10)11(16)18/h3-4,7,17H,2,5-6H2,1H3,(H2,16,18). The van der Waals surface area contributed by atoms with Crippen molar-refractivity contribution in [3.05, 3.63) is 29.3 Å². The number of alkyl halides is 3. The molecule has 19 heavy (non-hydrogen) atoms. The number of carbonyl (C=O) groups excluding carboxylic acids is 1. The normalized spacial score (nSPS) is 11.4. The summed E-state index contributed by atoms with van der Waals surface area (Å²) in [6.07, 6.45) is -4.52. The number of nitrogens with one attached hydrogen (secondary N) is 1. The molecule has 0 bridgehead atoms. The lowest BCUT2D eigenvalue weighted by Gasteiger charge is -2.13. The lowest BCUT2D eigenvalue weighted by Crippen LogP contribution is -2.22. The summed E-state index contributed by atoms with van der Waals surface area (Å²) < 4.78 is 42.8. The first-order valence-corrected chi connectivity index (χ1v) is 5.70. The summed E-state index contributed by atoms with van der Waals surface area (Å²) in [7, 11) is 0. The van der Waals surface area contributed by atoms with Crippen LogP contribution in [-0.2, 0) is 6.18 Å². The van der Waals surface area contributed by atoms with Crippen molar-refractivity contribution in [1.29, 1.82) is 0 Å². The third-order valence-electron chi connectivity index (χ3n) is 2.36. The minimum Gasteiger partial charge on any atom is -0.491 e. The van der Waals surface area contributed by atoms with Gasteiger partial charge in [-0.25, -0.2) is 0 Å². The van der Waals surface area contributed by atoms with Crippen LogP contribution in [0.2, 0.25) is 0 Å². The summed E-state index contributed by atoms with van der Waals surface area (Å²) in [5, 5.41) is 2.98. The molecule has 1 aromatic carbocycles. The molecule has 0 aliphatic heterocycles. The van der Waals surface area contributed by atoms with Gasteiger partial charge in [-0.1, -0.05) is 6.92 Å². The van der Waals surface area contributed by atoms with Crippen molar-refractivity contribution >= 4 is 5.91 Å². The fourth-order valence-electron chi connectivity index (χ4n) is 1.43. The second kappa shape index (κ2) is 6.42. The van der Waals surface area contributed by atoms with Gasteiger partial charge in [0.2, 0.25) is 0 Å². The molecule has 3 N–H and O–H groups in total. The van der Waals surface area contributed by atoms with Crippen LogP contribution in [0, 0.1) is 0 Å². The predicted octanol–water partition coefficient (Wildman–Crippen LogP) is 1.79. The second-order valence-corrected chi connectivity index (χ2v) is 3.77. The van der Waals surface area contributed by atoms with Crippen LogP contribution < -0.4 is 15.8 Å². The molecule has 0 aliphatic carbocycles. The number of hydrogen-bond donors (Lipinski definition) is 2. The summed E-state index contributed by atoms with van der Waals surface area (Å²) >= 11 is 0. The lowest BCUT2D eigenvalue weighted by molar-refractivity contribution is -0.137. The van der Waals surface area contributed by atoms with Crippen molar-refractivity contribution < 1.29 is 22.7 Å². The first kappa shape index (κ1) is 15.3. The van der Waals surface area contributed by atoms with E-state index in [0.717, 1.165) is 18.7 Å². The van der Waals surface area contributed by atoms with Gasteiger partial charge in [-0.2, -0.15) is 13.2 Å². The molecule has 1 aromatic rings. The van der Waals surface area contributed by atoms with E-state index in [0.29, 0.717) is 12.6 Å². The number of rotatable bonds is 6. The van der Waals surface area contributed by atoms with Crippen molar-refractivity contribution in [2.24, 2.45) is 5.73 Å². The van der Waals surface area contributed by atoms with Crippen LogP contribution in [-0.4, -0.2) is 25.6 Å². The minimum atomic E-state index is -4.52. The molecule has 7 heteroatoms. The van der Waals surface area contributed by atoms with E-state index in [-0.39, 0.29) is 17.9 Å². The molecule has 0 saturated carbocycles. The monoisotopic (exact) mass is 276 g/mol. The Morgan fingerprint density at radius 2 is 2.11 bits per heavy atom. The maximum atomic E-state index is 12.5. The van der Waals surface area contributed by atoms with Gasteiger partial charge in [-0.3, -0.25) is 4.79 Å². The van der Waals surface area contributed by atoms with Crippen molar-refractivity contribution in [2.45, 2.75) is 13.1 Å². The van der Waals surface area contributed by atoms with Gasteiger partial charge in [0.1, 0.15) is 12.4 Å². The molecule has 0 radical (unpaired) electrons. The van der Waals surface area contributed by atoms with Crippen LogP contribution in [0.15, 0.2) is 18.2 Å². The fraction of sp³-hybridized carbons (Fsp3) is 0.417. The number of hydrogen-bond acceptors (Lipinski definition) is 3. The molecule has 1 rings (SSSR count). The highest BCUT2D eigenvalue weighted by atomic mass is 19.4. The van der Waals surface area contributed by atoms with Crippen LogP contribution in [0.4, 0.5) is 13.2 Å². The molecule has 0 aromatic heterocycles. The van der Waals surface area contributed by atoms with E-state index in [1.807, 2.05) is 6.92 Å². The minimum absolute atomic E-state index is 0.0541. The Morgan fingerprint density at radius 3 is 2.63 bits per heavy atom. The molecule has 4 nitrogen and oxygen atoms in total. The predicted molar refractivity (Wildman–Crippen MR) is 64.0 cm³/mol. The van der Waals surface area contributed by atoms with Gasteiger partial charge < -0.3 is 15.8 Å². The zero-order valence-corrected chi connectivity index (χ0v) is 10.4. The lowest BCUT2D eigenvalue weighted by atomic mass is 10.1. The molecule has 0 heterocycles. The number of carbonyl (C=O) groups is 1. The second-order valence-electron chi connectivity index (χ2n) is 3.77. The highest BCUT2D eigenvalue weighted by Gasteiger charge is 2.31. The first-order chi connectivity index (χ1) is 8.86. The average molecular weight is 276 g/mol. The van der Waals surface area contributed by atoms with E-state index >= 15 is 0 Å². The van der Waals surface area contributed by atoms with Gasteiger partial charge in [0.05, 0.1) is 11.1 Å². The van der Waals surface area contributed by atoms with Crippen LogP contribution >= 0.6 is 0 Å². The van der Waals surface area contributed by atoms with Gasteiger partial charge in [-0.05, 0) is 24.7 Å². The van der Waals surface area contributed by atoms with Crippen LogP contribution in [0.25, 0.3) is 0 Å². The van der Waals surface area contributed by atoms with Crippen LogP contribution in [0.3, 0.4) is 0 Å². The molecule has 0 aliphatic rings. The maximum Gasteiger partial charge on any atom is 0.416 e. The number of halogens is 3. The van der Waals surface area contributed by atoms with Gasteiger partial charge in [0.15, 0.2) is 0 Å². The summed E-state index contributed by atoms with van der Waals surface area (Å²) in [5.41, 5.74) is 3.85. The van der Waals surface area contributed by atoms with Gasteiger partial charge in [0, 0.05) is 6.54 Å². The largest absolute Gasteiger partial charge is 0.491 e. The highest BCUT2D eigenvalue weighted by Crippen LogP contribution is 2.32. The van der Waals surface area contributed by atoms with Crippen molar-refractivity contribution in [3.63, 3.8) is 0 Å². The number of likely N-dealkylation sites (N-methyl/N-ethyl adjacent to an activating group) is 1. The third kappa shape index (κ3) is 4.44. The Labute approximate surface area is 108 Å². The summed E-state index contributed by atoms with van der Waals surface area (Å²) in [4.78, 5) is 11.1. The average Bonchev–Trinajstić information content (AvgIpc) is 2.33. The van der Waals surface area contributed by atoms with Gasteiger partial charge >= 0.3 is 6.18 Å². The Balaban J connectivity index is 2.90. The molecule has 1 amide bonds. The smallest absolute Gasteiger partial charge is 0.416 e. The highest BCUT2D eigenvalue weighted by molar-refractivity contribution is 5.95. The Hall–Kier alpha value is -1.76. The Bertz CT molecular complexity index is 447. The quantitative estimate of drug-likeness (QED) is 0.779. The van der Waals surface area contributed by atoms with E-state index in [9.17, 15) is 18.0 Å². The van der Waals surface area contributed by atoms with Gasteiger partial charge in [-0.15, -0.1) is 0 Å². The van der Waals surface area contributed by atoms with Crippen LogP contribution in [0.1, 0.15) is 22.8 Å². The molecular weight excluding hydrogens is 261 g/mol. The van der Waals surface area contributed by atoms with E-state index in [1.54, 1.807) is 0 Å². The van der Waals surface area contributed by atoms with E-state index in [2.05, 4.69) is 5.32 Å². The molecule has 0 unspecified atom stereocenters. The van der Waals surface area contributed by atoms with E-state index in [4.69, 9.17) is 10.5 Å². The number of primary amides is 1. The molecule has 0 spiro atoms. The zero-order chi connectivity index (χ0) is 14.5. The maximum absolute atomic E-state index is 12.5. The number of nitrogens with two attached hydrogens (primary N) is 1. The van der Waals surface area contributed by atoms with Crippen molar-refractivity contribution in [3.8, 4) is 5.75 Å². The Morgan fingerprint density at radius 1 is 1.42 bits per heavy atom. The number of benzene rings is 1. The first-order valence-electron chi connectivity index (χ1n) is 5.70. The number of amides is 1. The third-order valence-corrected chi connectivity index (χ3v) is 2.36. The summed E-state index contributed by atoms with van der Waals surface area (Å²) in [5.74, 6) is -0.900. The van der Waals surface area contributed by atoms with Gasteiger partial charge in [0.25, 0.3) is 5.91 Å². The van der Waals surface area contributed by atoms with Crippen LogP contribution in [0.5, 0.6) is 5.75 Å². The molecule has 0 saturated heterocycles. The van der Waals surface area contributed by atoms with Crippen molar-refractivity contribution in [1.82, 2.24) is 5.32 Å². The SMILES string of the molecule is CCNCCOc1ccc(C(F)(F)F)cc1C(N)=O. The molecular formula is C12H15F3N2O2. The number of ether oxygens (including phenoxy) is 1. The molecule has 106 valence electrons. The fourth-order valence-corrected chi connectivity index (χ4v) is 1.43. The topological polar surface area (TPSA) is 64.3 Å². The van der Waals surface area contributed by atoms with E-state index < -0.39 is 17.6 Å². The van der Waals surface area contributed by atoms with E-state index in [1.165, 1.54) is 0 Å². The summed E-state index contributed by atoms with van der Waals surface area (Å²) in [6.45, 7) is 3.42. The van der Waals surface area contributed by atoms with Crippen molar-refractivity contribution in [2.75, 3.05) is 19.7 Å². The zero-order valence-electron chi connectivity index (χ0n) is 10.4.